The number of hydrogen-bond acceptors (Lipinski definition) is 9. The van der Waals surface area contributed by atoms with Crippen molar-refractivity contribution in [3.05, 3.63) is 66.1 Å². The highest BCUT2D eigenvalue weighted by molar-refractivity contribution is 7.91. The zero-order chi connectivity index (χ0) is 26.7. The summed E-state index contributed by atoms with van der Waals surface area (Å²) < 4.78 is 60.4. The van der Waals surface area contributed by atoms with Gasteiger partial charge in [0.1, 0.15) is 40.6 Å². The van der Waals surface area contributed by atoms with Crippen molar-refractivity contribution in [3.8, 4) is 28.7 Å². The summed E-state index contributed by atoms with van der Waals surface area (Å²) in [4.78, 5) is 4.01. The molecule has 2 atom stereocenters. The second-order valence-electron chi connectivity index (χ2n) is 8.23. The number of aryl methyl sites for hydroxylation is 1. The van der Waals surface area contributed by atoms with Crippen molar-refractivity contribution < 1.29 is 27.0 Å². The van der Waals surface area contributed by atoms with Crippen LogP contribution >= 0.6 is 0 Å². The van der Waals surface area contributed by atoms with E-state index in [0.717, 1.165) is 6.20 Å². The first-order valence-corrected chi connectivity index (χ1v) is 12.9. The number of ether oxygens (including phenoxy) is 3. The van der Waals surface area contributed by atoms with E-state index in [0.29, 0.717) is 34.4 Å². The summed E-state index contributed by atoms with van der Waals surface area (Å²) in [5.74, 6) is 0.259. The molecule has 11 nitrogen and oxygen atoms in total. The zero-order valence-electron chi connectivity index (χ0n) is 21.0. The third-order valence-electron chi connectivity index (χ3n) is 5.92. The Morgan fingerprint density at radius 2 is 1.73 bits per heavy atom. The molecule has 0 aliphatic carbocycles. The van der Waals surface area contributed by atoms with E-state index in [1.165, 1.54) is 40.4 Å². The van der Waals surface area contributed by atoms with Crippen molar-refractivity contribution in [1.29, 1.82) is 0 Å². The third kappa shape index (κ3) is 5.18. The minimum atomic E-state index is -3.91. The number of nitrogens with zero attached hydrogens (tertiary/aromatic N) is 6. The fourth-order valence-corrected chi connectivity index (χ4v) is 5.44. The van der Waals surface area contributed by atoms with Crippen molar-refractivity contribution in [3.63, 3.8) is 0 Å². The van der Waals surface area contributed by atoms with Crippen LogP contribution in [0.15, 0.2) is 48.8 Å². The Bertz CT molecular complexity index is 1460. The van der Waals surface area contributed by atoms with Crippen LogP contribution in [0.5, 0.6) is 11.5 Å². The maximum absolute atomic E-state index is 13.6. The number of halogens is 1. The molecule has 0 amide bonds. The Balaban J connectivity index is 1.82. The van der Waals surface area contributed by atoms with Crippen LogP contribution in [0.1, 0.15) is 24.5 Å². The van der Waals surface area contributed by atoms with Gasteiger partial charge in [0.2, 0.25) is 0 Å². The molecule has 1 aromatic carbocycles. The molecule has 0 saturated heterocycles. The average Bonchev–Trinajstić information content (AvgIpc) is 3.50. The van der Waals surface area contributed by atoms with Crippen LogP contribution in [0.2, 0.25) is 0 Å². The van der Waals surface area contributed by atoms with Crippen LogP contribution in [0.3, 0.4) is 0 Å². The standard InChI is InChI=1S/C24H27FN6O5S/c1-15(23(36-5)17-10-9-16(25)13-26-17)37(32,33)14-21-27-28-24(18-11-12-30(2)29-18)31(21)22-19(34-3)7-6-8-20(22)35-4/h6-13,15,23H,14H2,1-5H3/t15-,23-/m0/s1. The van der Waals surface area contributed by atoms with Gasteiger partial charge in [0.05, 0.1) is 31.4 Å². The molecule has 4 aromatic rings. The maximum atomic E-state index is 13.6. The fraction of sp³-hybridized carbons (Fsp3) is 0.333. The largest absolute Gasteiger partial charge is 0.494 e. The monoisotopic (exact) mass is 530 g/mol. The van der Waals surface area contributed by atoms with Gasteiger partial charge in [-0.1, -0.05) is 6.07 Å². The normalized spacial score (nSPS) is 13.4. The van der Waals surface area contributed by atoms with E-state index in [1.807, 2.05) is 0 Å². The second kappa shape index (κ2) is 10.6. The molecule has 0 N–H and O–H groups in total. The first-order valence-electron chi connectivity index (χ1n) is 11.2. The molecule has 0 aliphatic rings. The number of rotatable bonds is 10. The number of methoxy groups -OCH3 is 3. The summed E-state index contributed by atoms with van der Waals surface area (Å²) in [6.45, 7) is 1.51. The van der Waals surface area contributed by atoms with E-state index in [9.17, 15) is 12.8 Å². The smallest absolute Gasteiger partial charge is 0.189 e. The first kappa shape index (κ1) is 26.2. The highest BCUT2D eigenvalue weighted by Crippen LogP contribution is 2.37. The number of hydrogen-bond donors (Lipinski definition) is 0. The molecule has 4 rings (SSSR count). The van der Waals surface area contributed by atoms with E-state index in [-0.39, 0.29) is 5.82 Å². The summed E-state index contributed by atoms with van der Waals surface area (Å²) >= 11 is 0. The van der Waals surface area contributed by atoms with Crippen LogP contribution < -0.4 is 9.47 Å². The number of benzene rings is 1. The van der Waals surface area contributed by atoms with Crippen LogP contribution in [-0.2, 0) is 27.4 Å². The van der Waals surface area contributed by atoms with Crippen molar-refractivity contribution in [1.82, 2.24) is 29.5 Å². The molecule has 0 bridgehead atoms. The molecule has 3 heterocycles. The summed E-state index contributed by atoms with van der Waals surface area (Å²) in [5.41, 5.74) is 1.20. The molecule has 3 aromatic heterocycles. The first-order chi connectivity index (χ1) is 17.7. The lowest BCUT2D eigenvalue weighted by atomic mass is 10.2. The molecular weight excluding hydrogens is 503 g/mol. The number of sulfone groups is 1. The van der Waals surface area contributed by atoms with E-state index in [2.05, 4.69) is 20.3 Å². The molecule has 0 aliphatic heterocycles. The van der Waals surface area contributed by atoms with Gasteiger partial charge in [-0.2, -0.15) is 5.10 Å². The Morgan fingerprint density at radius 1 is 1.03 bits per heavy atom. The summed E-state index contributed by atoms with van der Waals surface area (Å²) in [6.07, 6.45) is 1.83. The third-order valence-corrected chi connectivity index (χ3v) is 7.96. The van der Waals surface area contributed by atoms with Crippen molar-refractivity contribution in [2.45, 2.75) is 24.0 Å². The van der Waals surface area contributed by atoms with Gasteiger partial charge in [-0.05, 0) is 37.3 Å². The van der Waals surface area contributed by atoms with E-state index in [4.69, 9.17) is 14.2 Å². The average molecular weight is 531 g/mol. The van der Waals surface area contributed by atoms with Gasteiger partial charge in [0.15, 0.2) is 21.5 Å². The maximum Gasteiger partial charge on any atom is 0.189 e. The van der Waals surface area contributed by atoms with Gasteiger partial charge in [0, 0.05) is 20.4 Å². The number of pyridine rings is 1. The molecule has 13 heteroatoms. The SMILES string of the molecule is COc1cccc(OC)c1-n1c(CS(=O)(=O)[C@@H](C)[C@H](OC)c2ccc(F)cn2)nnc1-c1ccn(C)n1. The van der Waals surface area contributed by atoms with E-state index < -0.39 is 32.8 Å². The number of aromatic nitrogens is 6. The molecule has 37 heavy (non-hydrogen) atoms. The highest BCUT2D eigenvalue weighted by atomic mass is 32.2. The molecule has 0 saturated carbocycles. The zero-order valence-corrected chi connectivity index (χ0v) is 21.8. The van der Waals surface area contributed by atoms with Gasteiger partial charge in [-0.15, -0.1) is 10.2 Å². The van der Waals surface area contributed by atoms with Gasteiger partial charge in [-0.3, -0.25) is 14.2 Å². The summed E-state index contributed by atoms with van der Waals surface area (Å²) in [5, 5.41) is 11.9. The molecular formula is C24H27FN6O5S. The lowest BCUT2D eigenvalue weighted by Gasteiger charge is -2.23. The lowest BCUT2D eigenvalue weighted by Crippen LogP contribution is -2.29. The molecule has 0 fully saturated rings. The van der Waals surface area contributed by atoms with Gasteiger partial charge in [0.25, 0.3) is 0 Å². The Labute approximate surface area is 213 Å². The van der Waals surface area contributed by atoms with Crippen LogP contribution in [0, 0.1) is 5.82 Å². The quantitative estimate of drug-likeness (QED) is 0.304. The molecule has 196 valence electrons. The van der Waals surface area contributed by atoms with Crippen molar-refractivity contribution >= 4 is 9.84 Å². The van der Waals surface area contributed by atoms with Crippen LogP contribution in [0.25, 0.3) is 17.2 Å². The van der Waals surface area contributed by atoms with Gasteiger partial charge >= 0.3 is 0 Å². The number of para-hydroxylation sites is 1. The topological polar surface area (TPSA) is 123 Å². The second-order valence-corrected chi connectivity index (χ2v) is 10.6. The Hall–Kier alpha value is -3.84. The Kier molecular flexibility index (Phi) is 7.55. The van der Waals surface area contributed by atoms with Crippen LogP contribution in [0.4, 0.5) is 4.39 Å². The van der Waals surface area contributed by atoms with Crippen molar-refractivity contribution in [2.24, 2.45) is 7.05 Å². The summed E-state index contributed by atoms with van der Waals surface area (Å²) in [6, 6.07) is 9.55. The minimum Gasteiger partial charge on any atom is -0.494 e. The van der Waals surface area contributed by atoms with Crippen LogP contribution in [-0.4, -0.2) is 64.5 Å². The Morgan fingerprint density at radius 3 is 2.27 bits per heavy atom. The lowest BCUT2D eigenvalue weighted by molar-refractivity contribution is 0.0986. The molecule has 0 radical (unpaired) electrons. The molecule has 0 spiro atoms. The fourth-order valence-electron chi connectivity index (χ4n) is 4.01. The van der Waals surface area contributed by atoms with Gasteiger partial charge < -0.3 is 14.2 Å². The minimum absolute atomic E-state index is 0.122. The predicted octanol–water partition coefficient (Wildman–Crippen LogP) is 2.91. The van der Waals surface area contributed by atoms with E-state index in [1.54, 1.807) is 46.8 Å². The molecule has 0 unspecified atom stereocenters. The van der Waals surface area contributed by atoms with E-state index >= 15 is 0 Å². The van der Waals surface area contributed by atoms with Gasteiger partial charge in [-0.25, -0.2) is 12.8 Å². The highest BCUT2D eigenvalue weighted by Gasteiger charge is 2.34. The summed E-state index contributed by atoms with van der Waals surface area (Å²) in [7, 11) is 2.23. The predicted molar refractivity (Wildman–Crippen MR) is 133 cm³/mol. The van der Waals surface area contributed by atoms with Crippen molar-refractivity contribution in [2.75, 3.05) is 21.3 Å².